The first-order valence-electron chi connectivity index (χ1n) is 17.3. The van der Waals surface area contributed by atoms with Crippen LogP contribution in [0.1, 0.15) is 46.4 Å². The Hall–Kier alpha value is -4.37. The van der Waals surface area contributed by atoms with E-state index < -0.39 is 0 Å². The second kappa shape index (κ2) is 10.6. The summed E-state index contributed by atoms with van der Waals surface area (Å²) in [6.45, 7) is 3.74. The van der Waals surface area contributed by atoms with Crippen LogP contribution in [0, 0.1) is 29.6 Å². The molecule has 9 nitrogen and oxygen atoms in total. The zero-order valence-electron chi connectivity index (χ0n) is 26.9. The van der Waals surface area contributed by atoms with E-state index >= 15 is 0 Å². The van der Waals surface area contributed by atoms with Crippen LogP contribution in [0.4, 0.5) is 0 Å². The number of fused-ring (bicyclic) bond motifs is 2. The molecule has 5 aliphatic rings. The van der Waals surface area contributed by atoms with Gasteiger partial charge in [-0.25, -0.2) is 9.97 Å². The van der Waals surface area contributed by atoms with E-state index in [0.29, 0.717) is 65.5 Å². The summed E-state index contributed by atoms with van der Waals surface area (Å²) in [6, 6.07) is 18.4. The molecule has 5 fully saturated rings. The quantitative estimate of drug-likeness (QED) is 0.181. The van der Waals surface area contributed by atoms with Gasteiger partial charge in [0.2, 0.25) is 0 Å². The average molecular weight is 661 g/mol. The number of hydrogen-bond acceptors (Lipinski definition) is 5. The Kier molecular flexibility index (Phi) is 6.30. The van der Waals surface area contributed by atoms with Crippen molar-refractivity contribution in [1.29, 1.82) is 0 Å². The number of imidazole rings is 1. The van der Waals surface area contributed by atoms with E-state index in [4.69, 9.17) is 21.3 Å². The number of carbonyl (C=O) groups is 2. The van der Waals surface area contributed by atoms with Gasteiger partial charge in [0.1, 0.15) is 16.4 Å². The van der Waals surface area contributed by atoms with Gasteiger partial charge in [-0.1, -0.05) is 29.8 Å². The van der Waals surface area contributed by atoms with Gasteiger partial charge in [0, 0.05) is 72.9 Å². The molecule has 2 saturated heterocycles. The molecule has 244 valence electrons. The molecule has 10 heteroatoms. The summed E-state index contributed by atoms with van der Waals surface area (Å²) in [4.78, 5) is 40.6. The van der Waals surface area contributed by atoms with Gasteiger partial charge in [-0.2, -0.15) is 0 Å². The smallest absolute Gasteiger partial charge is 0.254 e. The van der Waals surface area contributed by atoms with Crippen LogP contribution in [0.15, 0.2) is 60.8 Å². The number of para-hydroxylation sites is 1. The molecule has 5 aromatic rings. The highest BCUT2D eigenvalue weighted by Crippen LogP contribution is 2.60. The number of benzene rings is 2. The van der Waals surface area contributed by atoms with E-state index in [2.05, 4.69) is 49.3 Å². The molecular weight excluding hydrogens is 624 g/mol. The molecule has 5 heterocycles. The van der Waals surface area contributed by atoms with Crippen LogP contribution in [-0.2, 0) is 13.1 Å². The first-order valence-corrected chi connectivity index (χ1v) is 17.7. The van der Waals surface area contributed by atoms with Gasteiger partial charge in [0.15, 0.2) is 5.82 Å². The van der Waals surface area contributed by atoms with Gasteiger partial charge in [-0.3, -0.25) is 9.59 Å². The molecule has 0 radical (unpaired) electrons. The molecule has 3 unspecified atom stereocenters. The number of carbonyl (C=O) groups excluding carboxylic acids is 2. The van der Waals surface area contributed by atoms with Crippen molar-refractivity contribution in [2.45, 2.75) is 44.8 Å². The molecule has 0 spiro atoms. The number of pyridine rings is 1. The van der Waals surface area contributed by atoms with Crippen LogP contribution in [0.2, 0.25) is 5.15 Å². The lowest BCUT2D eigenvalue weighted by Gasteiger charge is -2.52. The Bertz CT molecular complexity index is 2140. The normalized spacial score (nSPS) is 24.4. The maximum Gasteiger partial charge on any atom is 0.254 e. The summed E-state index contributed by atoms with van der Waals surface area (Å²) < 4.78 is 10.8. The van der Waals surface area contributed by atoms with Crippen molar-refractivity contribution in [3.05, 3.63) is 77.1 Å². The lowest BCUT2D eigenvalue weighted by molar-refractivity contribution is -0.0204. The Morgan fingerprint density at radius 3 is 2.50 bits per heavy atom. The maximum atomic E-state index is 14.0. The van der Waals surface area contributed by atoms with E-state index in [9.17, 15) is 9.59 Å². The predicted octanol–water partition coefficient (Wildman–Crippen LogP) is 6.38. The highest BCUT2D eigenvalue weighted by atomic mass is 35.5. The van der Waals surface area contributed by atoms with Gasteiger partial charge in [-0.15, -0.1) is 0 Å². The Morgan fingerprint density at radius 1 is 0.896 bits per heavy atom. The zero-order chi connectivity index (χ0) is 32.3. The second-order valence-electron chi connectivity index (χ2n) is 14.8. The number of likely N-dealkylation sites (tertiary alicyclic amines) is 2. The van der Waals surface area contributed by atoms with Crippen molar-refractivity contribution in [1.82, 2.24) is 28.9 Å². The van der Waals surface area contributed by atoms with Crippen molar-refractivity contribution in [3.63, 3.8) is 0 Å². The number of ether oxygens (including phenoxy) is 1. The van der Waals surface area contributed by atoms with Gasteiger partial charge >= 0.3 is 0 Å². The molecule has 48 heavy (non-hydrogen) atoms. The minimum atomic E-state index is -0.0373. The zero-order valence-corrected chi connectivity index (χ0v) is 27.6. The maximum absolute atomic E-state index is 14.0. The largest absolute Gasteiger partial charge is 0.494 e. The van der Waals surface area contributed by atoms with Crippen molar-refractivity contribution in [2.75, 3.05) is 26.7 Å². The second-order valence-corrected chi connectivity index (χ2v) is 15.2. The molecule has 0 N–H and O–H groups in total. The summed E-state index contributed by atoms with van der Waals surface area (Å²) in [5, 5.41) is 1.50. The number of halogens is 1. The standard InChI is InChI=1S/C38H37ClN6O3/c1-48-32-14-26(38(47)44-20-27-10-25-13-30(44)34(25)27)11-28-35(32)45(19-22-16-42(17-22)37(46)24-8-9-40-33(39)15-24)36(41-28)31-12-23-4-2-3-5-29(23)43(31)18-21-6-7-21/h2-5,8-9,11-12,14-15,21-22,25,27,30,34H,6-7,10,13,16-20H2,1H3/t25?,27?,30?,34-/m1/s1. The Balaban J connectivity index is 1.05. The fourth-order valence-corrected chi connectivity index (χ4v) is 9.40. The van der Waals surface area contributed by atoms with Gasteiger partial charge in [0.05, 0.1) is 18.3 Å². The number of hydrogen-bond donors (Lipinski definition) is 0. The number of nitrogens with zero attached hydrogens (tertiary/aromatic N) is 6. The average Bonchev–Trinajstić information content (AvgIpc) is 3.71. The monoisotopic (exact) mass is 660 g/mol. The van der Waals surface area contributed by atoms with E-state index in [0.717, 1.165) is 48.0 Å². The Labute approximate surface area is 283 Å². The number of amides is 2. The lowest BCUT2D eigenvalue weighted by atomic mass is 9.53. The first kappa shape index (κ1) is 28.6. The molecule has 10 rings (SSSR count). The van der Waals surface area contributed by atoms with Crippen molar-refractivity contribution < 1.29 is 14.3 Å². The molecule has 2 amide bonds. The van der Waals surface area contributed by atoms with Crippen LogP contribution < -0.4 is 4.74 Å². The van der Waals surface area contributed by atoms with Crippen molar-refractivity contribution in [2.24, 2.45) is 29.6 Å². The fourth-order valence-electron chi connectivity index (χ4n) is 9.22. The molecule has 3 saturated carbocycles. The van der Waals surface area contributed by atoms with Crippen LogP contribution in [0.3, 0.4) is 0 Å². The highest BCUT2D eigenvalue weighted by molar-refractivity contribution is 6.29. The molecular formula is C38H37ClN6O3. The summed E-state index contributed by atoms with van der Waals surface area (Å²) in [7, 11) is 1.68. The van der Waals surface area contributed by atoms with Gasteiger partial charge in [-0.05, 0) is 85.8 Å². The van der Waals surface area contributed by atoms with Crippen LogP contribution >= 0.6 is 11.6 Å². The third-order valence-electron chi connectivity index (χ3n) is 11.9. The van der Waals surface area contributed by atoms with Crippen LogP contribution in [0.25, 0.3) is 33.5 Å². The molecule has 3 aliphatic carbocycles. The van der Waals surface area contributed by atoms with E-state index in [1.807, 2.05) is 17.0 Å². The van der Waals surface area contributed by atoms with Crippen molar-refractivity contribution in [3.8, 4) is 17.3 Å². The molecule has 0 bridgehead atoms. The highest BCUT2D eigenvalue weighted by Gasteiger charge is 2.61. The van der Waals surface area contributed by atoms with Crippen LogP contribution in [0.5, 0.6) is 5.75 Å². The number of rotatable bonds is 8. The fraction of sp³-hybridized carbons (Fsp3) is 0.421. The summed E-state index contributed by atoms with van der Waals surface area (Å²) >= 11 is 6.08. The Morgan fingerprint density at radius 2 is 1.73 bits per heavy atom. The lowest BCUT2D eigenvalue weighted by Crippen LogP contribution is -2.53. The topological polar surface area (TPSA) is 85.5 Å². The van der Waals surface area contributed by atoms with E-state index in [-0.39, 0.29) is 17.7 Å². The number of aromatic nitrogens is 4. The minimum absolute atomic E-state index is 0.0373. The SMILES string of the molecule is COc1cc(C(=O)N2CC3CC4CC2[C@H]43)cc2nc(-c3cc4ccccc4n3CC3CC3)n(CC3CN(C(=O)c4ccnc(Cl)c4)C3)c12. The molecule has 2 aliphatic heterocycles. The van der Waals surface area contributed by atoms with E-state index in [1.54, 1.807) is 25.4 Å². The van der Waals surface area contributed by atoms with Crippen molar-refractivity contribution >= 4 is 45.4 Å². The van der Waals surface area contributed by atoms with Gasteiger partial charge < -0.3 is 23.7 Å². The molecule has 3 aromatic heterocycles. The van der Waals surface area contributed by atoms with Crippen LogP contribution in [-0.4, -0.2) is 73.5 Å². The number of methoxy groups -OCH3 is 1. The van der Waals surface area contributed by atoms with Gasteiger partial charge in [0.25, 0.3) is 11.8 Å². The minimum Gasteiger partial charge on any atom is -0.494 e. The molecule has 4 atom stereocenters. The van der Waals surface area contributed by atoms with E-state index in [1.165, 1.54) is 30.2 Å². The summed E-state index contributed by atoms with van der Waals surface area (Å²) in [5.41, 5.74) is 5.14. The molecule has 2 aromatic carbocycles. The summed E-state index contributed by atoms with van der Waals surface area (Å²) in [6.07, 6.45) is 6.48. The summed E-state index contributed by atoms with van der Waals surface area (Å²) in [5.74, 6) is 4.70. The third kappa shape index (κ3) is 4.35. The first-order chi connectivity index (χ1) is 23.4. The third-order valence-corrected chi connectivity index (χ3v) is 12.1. The predicted molar refractivity (Wildman–Crippen MR) is 183 cm³/mol.